The highest BCUT2D eigenvalue weighted by atomic mass is 16.5. The van der Waals surface area contributed by atoms with Gasteiger partial charge in [0, 0.05) is 51.2 Å². The van der Waals surface area contributed by atoms with Crippen LogP contribution in [0.4, 0.5) is 0 Å². The molecule has 0 spiro atoms. The van der Waals surface area contributed by atoms with Crippen LogP contribution in [0.3, 0.4) is 0 Å². The van der Waals surface area contributed by atoms with Crippen LogP contribution in [0.25, 0.3) is 16.9 Å². The molecule has 3 aromatic heterocycles. The molecule has 4 rings (SSSR count). The highest BCUT2D eigenvalue weighted by molar-refractivity contribution is 5.76. The number of ether oxygens (including phenoxy) is 1. The standard InChI is InChI=1S/C20H30N6O3/c1-5-7-25-18(27)16-17(22(4)20(25)28)21-19-24(14(2)15(3)26(16)19)9-6-8-23-10-12-29-13-11-23/h5-13H2,1-4H3. The SMILES string of the molecule is CCCn1c(=O)c2c(nc3n(CCCN4CCOCC4)c(C)c(C)n23)n(C)c1=O. The van der Waals surface area contributed by atoms with E-state index < -0.39 is 0 Å². The van der Waals surface area contributed by atoms with Crippen LogP contribution < -0.4 is 11.2 Å². The molecule has 1 saturated heterocycles. The summed E-state index contributed by atoms with van der Waals surface area (Å²) in [7, 11) is 1.69. The van der Waals surface area contributed by atoms with Crippen molar-refractivity contribution in [3.05, 3.63) is 32.2 Å². The smallest absolute Gasteiger partial charge is 0.332 e. The molecule has 0 bridgehead atoms. The van der Waals surface area contributed by atoms with Gasteiger partial charge >= 0.3 is 5.69 Å². The highest BCUT2D eigenvalue weighted by Gasteiger charge is 2.22. The Hall–Kier alpha value is -2.39. The second-order valence-electron chi connectivity index (χ2n) is 7.85. The first-order valence-electron chi connectivity index (χ1n) is 10.4. The molecular formula is C20H30N6O3. The van der Waals surface area contributed by atoms with E-state index in [0.29, 0.717) is 17.7 Å². The third-order valence-electron chi connectivity index (χ3n) is 6.04. The fourth-order valence-electron chi connectivity index (χ4n) is 4.28. The van der Waals surface area contributed by atoms with Crippen molar-refractivity contribution in [2.45, 2.75) is 46.7 Å². The summed E-state index contributed by atoms with van der Waals surface area (Å²) < 4.78 is 12.3. The number of hydrogen-bond donors (Lipinski definition) is 0. The second kappa shape index (κ2) is 7.79. The van der Waals surface area contributed by atoms with E-state index in [-0.39, 0.29) is 11.2 Å². The lowest BCUT2D eigenvalue weighted by molar-refractivity contribution is 0.0369. The number of imidazole rings is 2. The summed E-state index contributed by atoms with van der Waals surface area (Å²) in [5.41, 5.74) is 2.47. The molecule has 1 fully saturated rings. The third-order valence-corrected chi connectivity index (χ3v) is 6.04. The Balaban J connectivity index is 1.77. The lowest BCUT2D eigenvalue weighted by Gasteiger charge is -2.26. The van der Waals surface area contributed by atoms with Crippen LogP contribution in [-0.4, -0.2) is 60.8 Å². The van der Waals surface area contributed by atoms with Crippen LogP contribution >= 0.6 is 0 Å². The number of morpholine rings is 1. The minimum Gasteiger partial charge on any atom is -0.379 e. The van der Waals surface area contributed by atoms with Gasteiger partial charge in [-0.05, 0) is 26.7 Å². The number of aryl methyl sites for hydroxylation is 3. The van der Waals surface area contributed by atoms with E-state index in [9.17, 15) is 9.59 Å². The molecule has 0 atom stereocenters. The molecule has 3 aromatic rings. The van der Waals surface area contributed by atoms with Gasteiger partial charge in [-0.3, -0.25) is 23.2 Å². The Bertz CT molecular complexity index is 1160. The first kappa shape index (κ1) is 19.9. The average Bonchev–Trinajstić information content (AvgIpc) is 3.22. The van der Waals surface area contributed by atoms with Crippen molar-refractivity contribution in [2.75, 3.05) is 32.8 Å². The summed E-state index contributed by atoms with van der Waals surface area (Å²) in [5.74, 6) is 0.735. The number of nitrogens with zero attached hydrogens (tertiary/aromatic N) is 6. The maximum Gasteiger partial charge on any atom is 0.332 e. The van der Waals surface area contributed by atoms with Crippen molar-refractivity contribution in [1.29, 1.82) is 0 Å². The third kappa shape index (κ3) is 3.22. The quantitative estimate of drug-likeness (QED) is 0.612. The molecule has 158 valence electrons. The van der Waals surface area contributed by atoms with Gasteiger partial charge in [0.1, 0.15) is 0 Å². The van der Waals surface area contributed by atoms with Crippen molar-refractivity contribution in [2.24, 2.45) is 7.05 Å². The average molecular weight is 402 g/mol. The molecular weight excluding hydrogens is 372 g/mol. The van der Waals surface area contributed by atoms with Gasteiger partial charge in [0.05, 0.1) is 13.2 Å². The lowest BCUT2D eigenvalue weighted by Crippen LogP contribution is -2.39. The van der Waals surface area contributed by atoms with Gasteiger partial charge in [0.2, 0.25) is 5.78 Å². The van der Waals surface area contributed by atoms with Gasteiger partial charge in [-0.25, -0.2) is 4.79 Å². The Morgan fingerprint density at radius 2 is 1.72 bits per heavy atom. The Kier molecular flexibility index (Phi) is 5.35. The zero-order valence-corrected chi connectivity index (χ0v) is 17.8. The van der Waals surface area contributed by atoms with E-state index >= 15 is 0 Å². The summed E-state index contributed by atoms with van der Waals surface area (Å²) in [6, 6.07) is 0. The van der Waals surface area contributed by atoms with E-state index in [0.717, 1.165) is 69.4 Å². The molecule has 4 heterocycles. The zero-order chi connectivity index (χ0) is 20.7. The van der Waals surface area contributed by atoms with E-state index in [1.807, 2.05) is 18.2 Å². The molecule has 0 unspecified atom stereocenters. The van der Waals surface area contributed by atoms with Gasteiger partial charge in [0.25, 0.3) is 5.56 Å². The molecule has 0 saturated carbocycles. The Labute approximate surface area is 169 Å². The van der Waals surface area contributed by atoms with E-state index in [1.54, 1.807) is 7.05 Å². The van der Waals surface area contributed by atoms with Crippen LogP contribution in [0.1, 0.15) is 31.2 Å². The summed E-state index contributed by atoms with van der Waals surface area (Å²) >= 11 is 0. The Morgan fingerprint density at radius 3 is 2.41 bits per heavy atom. The summed E-state index contributed by atoms with van der Waals surface area (Å²) in [6.45, 7) is 11.8. The summed E-state index contributed by atoms with van der Waals surface area (Å²) in [4.78, 5) is 32.9. The number of hydrogen-bond acceptors (Lipinski definition) is 5. The predicted octanol–water partition coefficient (Wildman–Crippen LogP) is 0.899. The lowest BCUT2D eigenvalue weighted by atomic mass is 10.3. The molecule has 0 N–H and O–H groups in total. The number of aromatic nitrogens is 5. The largest absolute Gasteiger partial charge is 0.379 e. The van der Waals surface area contributed by atoms with E-state index in [1.165, 1.54) is 9.13 Å². The van der Waals surface area contributed by atoms with Gasteiger partial charge in [-0.1, -0.05) is 6.92 Å². The van der Waals surface area contributed by atoms with Crippen molar-refractivity contribution >= 4 is 16.9 Å². The zero-order valence-electron chi connectivity index (χ0n) is 17.8. The first-order chi connectivity index (χ1) is 14.0. The summed E-state index contributed by atoms with van der Waals surface area (Å²) in [6.07, 6.45) is 1.72. The minimum absolute atomic E-state index is 0.258. The van der Waals surface area contributed by atoms with Crippen LogP contribution in [0.5, 0.6) is 0 Å². The van der Waals surface area contributed by atoms with Crippen LogP contribution in [0.15, 0.2) is 9.59 Å². The van der Waals surface area contributed by atoms with Crippen molar-refractivity contribution < 1.29 is 4.74 Å². The summed E-state index contributed by atoms with van der Waals surface area (Å²) in [5, 5.41) is 0. The van der Waals surface area contributed by atoms with Crippen molar-refractivity contribution in [3.63, 3.8) is 0 Å². The fraction of sp³-hybridized carbons (Fsp3) is 0.650. The molecule has 1 aliphatic rings. The van der Waals surface area contributed by atoms with Gasteiger partial charge in [-0.15, -0.1) is 0 Å². The molecule has 0 aliphatic carbocycles. The van der Waals surface area contributed by atoms with Crippen LogP contribution in [0.2, 0.25) is 0 Å². The van der Waals surface area contributed by atoms with Gasteiger partial charge in [-0.2, -0.15) is 4.98 Å². The normalized spacial score (nSPS) is 15.7. The molecule has 0 aromatic carbocycles. The van der Waals surface area contributed by atoms with Gasteiger partial charge in [0.15, 0.2) is 11.2 Å². The van der Waals surface area contributed by atoms with Crippen molar-refractivity contribution in [1.82, 2.24) is 28.0 Å². The molecule has 0 amide bonds. The molecule has 9 nitrogen and oxygen atoms in total. The first-order valence-corrected chi connectivity index (χ1v) is 10.4. The van der Waals surface area contributed by atoms with E-state index in [2.05, 4.69) is 16.4 Å². The van der Waals surface area contributed by atoms with Crippen LogP contribution in [-0.2, 0) is 24.9 Å². The van der Waals surface area contributed by atoms with Gasteiger partial charge < -0.3 is 9.30 Å². The van der Waals surface area contributed by atoms with Crippen LogP contribution in [0, 0.1) is 13.8 Å². The molecule has 1 aliphatic heterocycles. The number of fused-ring (bicyclic) bond motifs is 3. The monoisotopic (exact) mass is 402 g/mol. The van der Waals surface area contributed by atoms with E-state index in [4.69, 9.17) is 9.72 Å². The fourth-order valence-corrected chi connectivity index (χ4v) is 4.28. The topological polar surface area (TPSA) is 78.7 Å². The number of rotatable bonds is 6. The van der Waals surface area contributed by atoms with Crippen molar-refractivity contribution in [3.8, 4) is 0 Å². The molecule has 9 heteroatoms. The molecule has 0 radical (unpaired) electrons. The minimum atomic E-state index is -0.307. The maximum absolute atomic E-state index is 13.1. The molecule has 29 heavy (non-hydrogen) atoms. The maximum atomic E-state index is 13.1. The second-order valence-corrected chi connectivity index (χ2v) is 7.85. The predicted molar refractivity (Wildman–Crippen MR) is 112 cm³/mol. The highest BCUT2D eigenvalue weighted by Crippen LogP contribution is 2.21. The Morgan fingerprint density at radius 1 is 1.00 bits per heavy atom.